The molecule has 36 heavy (non-hydrogen) atoms. The Morgan fingerprint density at radius 2 is 1.86 bits per heavy atom. The second-order valence-corrected chi connectivity index (χ2v) is 8.66. The van der Waals surface area contributed by atoms with Gasteiger partial charge >= 0.3 is 6.09 Å². The molecule has 0 bridgehead atoms. The van der Waals surface area contributed by atoms with Gasteiger partial charge in [-0.2, -0.15) is 5.26 Å². The molecule has 3 rings (SSSR count). The Morgan fingerprint density at radius 3 is 2.42 bits per heavy atom. The first-order chi connectivity index (χ1) is 17.0. The van der Waals surface area contributed by atoms with Crippen LogP contribution in [0, 0.1) is 18.3 Å². The highest BCUT2D eigenvalue weighted by Crippen LogP contribution is 2.39. The highest BCUT2D eigenvalue weighted by Gasteiger charge is 2.28. The Morgan fingerprint density at radius 1 is 1.19 bits per heavy atom. The van der Waals surface area contributed by atoms with Gasteiger partial charge in [0.2, 0.25) is 0 Å². The van der Waals surface area contributed by atoms with Crippen molar-refractivity contribution in [1.29, 1.82) is 5.26 Å². The van der Waals surface area contributed by atoms with E-state index in [2.05, 4.69) is 21.3 Å². The molecule has 9 nitrogen and oxygen atoms in total. The summed E-state index contributed by atoms with van der Waals surface area (Å²) in [6.07, 6.45) is 1.11. The second kappa shape index (κ2) is 12.3. The minimum Gasteiger partial charge on any atom is -0.495 e. The number of benzene rings is 2. The normalized spacial score (nSPS) is 10.4. The minimum absolute atomic E-state index is 0.0300. The van der Waals surface area contributed by atoms with E-state index in [9.17, 15) is 10.1 Å². The van der Waals surface area contributed by atoms with Crippen LogP contribution in [0.2, 0.25) is 0 Å². The van der Waals surface area contributed by atoms with Gasteiger partial charge in [-0.1, -0.05) is 24.8 Å². The number of ether oxygens (including phenoxy) is 3. The fraction of sp³-hybridized carbons (Fsp3) is 0.296. The van der Waals surface area contributed by atoms with Crippen LogP contribution in [0.1, 0.15) is 26.6 Å². The Bertz CT molecular complexity index is 1290. The van der Waals surface area contributed by atoms with Crippen molar-refractivity contribution >= 4 is 29.0 Å². The number of carbonyl (C=O) groups is 2. The third-order valence-electron chi connectivity index (χ3n) is 4.73. The molecular formula is C27H30N4O5. The molecule has 2 aromatic carbocycles. The number of rotatable bonds is 6. The monoisotopic (exact) mass is 490 g/mol. The molecule has 188 valence electrons. The lowest BCUT2D eigenvalue weighted by molar-refractivity contribution is -0.126. The standard InChI is InChI=1S/C25H26N4O3.C2H4O2/c1-16(14-26)15-29(24(30)32-25(3,4)5)23-20-13-19(21-11-12-27-17(2)28-21)8-7-18(20)9-10-22(23)31-6;1-4-2-3/h7-13H,1,15H2,2-6H3;2H,1H3. The van der Waals surface area contributed by atoms with E-state index < -0.39 is 11.7 Å². The molecule has 1 heterocycles. The zero-order valence-electron chi connectivity index (χ0n) is 21.4. The summed E-state index contributed by atoms with van der Waals surface area (Å²) in [5.74, 6) is 1.14. The van der Waals surface area contributed by atoms with E-state index in [0.29, 0.717) is 23.7 Å². The van der Waals surface area contributed by atoms with Crippen LogP contribution in [0.15, 0.2) is 54.7 Å². The van der Waals surface area contributed by atoms with E-state index in [4.69, 9.17) is 14.3 Å². The number of hydrogen-bond donors (Lipinski definition) is 0. The molecule has 0 aliphatic rings. The lowest BCUT2D eigenvalue weighted by atomic mass is 10.0. The summed E-state index contributed by atoms with van der Waals surface area (Å²) >= 11 is 0. The summed E-state index contributed by atoms with van der Waals surface area (Å²) in [5.41, 5.74) is 1.63. The largest absolute Gasteiger partial charge is 0.495 e. The molecule has 0 saturated heterocycles. The van der Waals surface area contributed by atoms with Crippen LogP contribution in [0.4, 0.5) is 10.5 Å². The molecule has 0 atom stereocenters. The summed E-state index contributed by atoms with van der Waals surface area (Å²) in [7, 11) is 2.85. The summed E-state index contributed by atoms with van der Waals surface area (Å²) in [6.45, 7) is 11.3. The Labute approximate surface area is 210 Å². The molecule has 0 N–H and O–H groups in total. The number of anilines is 1. The Hall–Kier alpha value is -4.45. The lowest BCUT2D eigenvalue weighted by Gasteiger charge is -2.29. The maximum absolute atomic E-state index is 13.2. The molecular weight excluding hydrogens is 460 g/mol. The Balaban J connectivity index is 0.00000106. The smallest absolute Gasteiger partial charge is 0.415 e. The molecule has 0 aliphatic carbocycles. The second-order valence-electron chi connectivity index (χ2n) is 8.66. The van der Waals surface area contributed by atoms with Crippen LogP contribution in [-0.4, -0.2) is 48.9 Å². The summed E-state index contributed by atoms with van der Waals surface area (Å²) in [5, 5.41) is 11.0. The quantitative estimate of drug-likeness (QED) is 0.341. The number of nitriles is 1. The van der Waals surface area contributed by atoms with E-state index in [0.717, 1.165) is 22.0 Å². The molecule has 3 aromatic rings. The highest BCUT2D eigenvalue weighted by atomic mass is 16.6. The van der Waals surface area contributed by atoms with Crippen LogP contribution < -0.4 is 9.64 Å². The van der Waals surface area contributed by atoms with Crippen LogP contribution in [-0.2, 0) is 14.3 Å². The molecule has 0 fully saturated rings. The number of fused-ring (bicyclic) bond motifs is 1. The van der Waals surface area contributed by atoms with Gasteiger partial charge in [0.15, 0.2) is 0 Å². The average molecular weight is 491 g/mol. The van der Waals surface area contributed by atoms with Crippen LogP contribution >= 0.6 is 0 Å². The van der Waals surface area contributed by atoms with Crippen molar-refractivity contribution in [2.45, 2.75) is 33.3 Å². The molecule has 9 heteroatoms. The summed E-state index contributed by atoms with van der Waals surface area (Å²) in [4.78, 5) is 32.2. The maximum Gasteiger partial charge on any atom is 0.415 e. The first kappa shape index (κ1) is 27.8. The van der Waals surface area contributed by atoms with Gasteiger partial charge in [0.05, 0.1) is 38.2 Å². The van der Waals surface area contributed by atoms with Crippen molar-refractivity contribution in [1.82, 2.24) is 9.97 Å². The van der Waals surface area contributed by atoms with Gasteiger partial charge < -0.3 is 14.2 Å². The molecule has 1 aromatic heterocycles. The van der Waals surface area contributed by atoms with Crippen molar-refractivity contribution in [3.8, 4) is 23.1 Å². The fourth-order valence-corrected chi connectivity index (χ4v) is 3.28. The maximum atomic E-state index is 13.2. The van der Waals surface area contributed by atoms with Gasteiger partial charge in [-0.25, -0.2) is 14.8 Å². The number of carbonyl (C=O) groups excluding carboxylic acids is 2. The molecule has 0 aliphatic heterocycles. The topological polar surface area (TPSA) is 115 Å². The third kappa shape index (κ3) is 7.27. The number of aryl methyl sites for hydroxylation is 1. The predicted octanol–water partition coefficient (Wildman–Crippen LogP) is 5.22. The molecule has 0 unspecified atom stereocenters. The van der Waals surface area contributed by atoms with Gasteiger partial charge in [-0.15, -0.1) is 0 Å². The molecule has 0 saturated carbocycles. The average Bonchev–Trinajstić information content (AvgIpc) is 2.85. The van der Waals surface area contributed by atoms with Gasteiger partial charge in [-0.3, -0.25) is 9.69 Å². The van der Waals surface area contributed by atoms with Crippen molar-refractivity contribution < 1.29 is 23.8 Å². The van der Waals surface area contributed by atoms with Gasteiger partial charge in [0.25, 0.3) is 6.47 Å². The lowest BCUT2D eigenvalue weighted by Crippen LogP contribution is -2.38. The van der Waals surface area contributed by atoms with E-state index in [1.165, 1.54) is 19.1 Å². The van der Waals surface area contributed by atoms with Gasteiger partial charge in [-0.05, 0) is 51.3 Å². The van der Waals surface area contributed by atoms with E-state index in [1.54, 1.807) is 33.0 Å². The van der Waals surface area contributed by atoms with Gasteiger partial charge in [0.1, 0.15) is 17.2 Å². The SMILES string of the molecule is C=C(C#N)CN(C(=O)OC(C)(C)C)c1c(OC)ccc2ccc(-c3ccnc(C)n3)cc12.COC=O. The fourth-order valence-electron chi connectivity index (χ4n) is 3.28. The van der Waals surface area contributed by atoms with E-state index >= 15 is 0 Å². The van der Waals surface area contributed by atoms with Gasteiger partial charge in [0, 0.05) is 22.7 Å². The van der Waals surface area contributed by atoms with Crippen LogP contribution in [0.3, 0.4) is 0 Å². The molecule has 0 spiro atoms. The predicted molar refractivity (Wildman–Crippen MR) is 138 cm³/mol. The number of methoxy groups -OCH3 is 2. The number of amides is 1. The summed E-state index contributed by atoms with van der Waals surface area (Å²) < 4.78 is 15.1. The van der Waals surface area contributed by atoms with E-state index in [1.807, 2.05) is 43.3 Å². The Kier molecular flexibility index (Phi) is 9.50. The van der Waals surface area contributed by atoms with Crippen molar-refractivity contribution in [3.63, 3.8) is 0 Å². The molecule has 1 amide bonds. The van der Waals surface area contributed by atoms with E-state index in [-0.39, 0.29) is 12.1 Å². The minimum atomic E-state index is -0.717. The zero-order chi connectivity index (χ0) is 26.9. The third-order valence-corrected chi connectivity index (χ3v) is 4.73. The van der Waals surface area contributed by atoms with Crippen LogP contribution in [0.5, 0.6) is 5.75 Å². The first-order valence-electron chi connectivity index (χ1n) is 11.0. The summed E-state index contributed by atoms with van der Waals surface area (Å²) in [6, 6.07) is 13.4. The molecule has 0 radical (unpaired) electrons. The number of nitrogens with zero attached hydrogens (tertiary/aromatic N) is 4. The highest BCUT2D eigenvalue weighted by molar-refractivity contribution is 6.06. The number of hydrogen-bond acceptors (Lipinski definition) is 8. The van der Waals surface area contributed by atoms with Crippen LogP contribution in [0.25, 0.3) is 22.0 Å². The zero-order valence-corrected chi connectivity index (χ0v) is 21.4. The first-order valence-corrected chi connectivity index (χ1v) is 11.0. The van der Waals surface area contributed by atoms with Crippen molar-refractivity contribution in [2.24, 2.45) is 0 Å². The van der Waals surface area contributed by atoms with Crippen molar-refractivity contribution in [2.75, 3.05) is 25.7 Å². The number of aromatic nitrogens is 2. The van der Waals surface area contributed by atoms with Crippen molar-refractivity contribution in [3.05, 3.63) is 60.6 Å².